The zero-order chi connectivity index (χ0) is 15.9. The van der Waals surface area contributed by atoms with Crippen molar-refractivity contribution in [1.29, 1.82) is 0 Å². The molecule has 22 heavy (non-hydrogen) atoms. The second kappa shape index (κ2) is 10.1. The highest BCUT2D eigenvalue weighted by Crippen LogP contribution is 2.28. The smallest absolute Gasteiger partial charge is 0.193 e. The molecular formula is C16H29I2N3O. The molecule has 2 aliphatic rings. The second-order valence-corrected chi connectivity index (χ2v) is 8.70. The molecule has 128 valence electrons. The quantitative estimate of drug-likeness (QED) is 0.218. The SMILES string of the molecule is CN(CCC(=O)I)CC1CCC(N2CCN(CI)CC2)CC1. The first-order chi connectivity index (χ1) is 10.6. The molecule has 2 fully saturated rings. The number of alkyl halides is 1. The highest BCUT2D eigenvalue weighted by Gasteiger charge is 2.28. The fourth-order valence-electron chi connectivity index (χ4n) is 3.75. The van der Waals surface area contributed by atoms with Crippen LogP contribution in [0, 0.1) is 5.92 Å². The maximum atomic E-state index is 11.1. The number of hydrogen-bond acceptors (Lipinski definition) is 4. The zero-order valence-electron chi connectivity index (χ0n) is 13.6. The molecule has 1 aliphatic heterocycles. The summed E-state index contributed by atoms with van der Waals surface area (Å²) in [6, 6.07) is 0.828. The fourth-order valence-corrected chi connectivity index (χ4v) is 4.67. The van der Waals surface area contributed by atoms with Gasteiger partial charge < -0.3 is 4.90 Å². The molecule has 0 N–H and O–H groups in total. The minimum Gasteiger partial charge on any atom is -0.306 e. The number of piperazine rings is 1. The molecule has 0 amide bonds. The Morgan fingerprint density at radius 2 is 1.77 bits per heavy atom. The van der Waals surface area contributed by atoms with Crippen LogP contribution in [0.3, 0.4) is 0 Å². The van der Waals surface area contributed by atoms with Gasteiger partial charge >= 0.3 is 0 Å². The van der Waals surface area contributed by atoms with Gasteiger partial charge in [0, 0.05) is 51.7 Å². The lowest BCUT2D eigenvalue weighted by atomic mass is 9.84. The van der Waals surface area contributed by atoms with Crippen LogP contribution in [0.15, 0.2) is 0 Å². The van der Waals surface area contributed by atoms with E-state index in [2.05, 4.69) is 44.3 Å². The monoisotopic (exact) mass is 533 g/mol. The Morgan fingerprint density at radius 1 is 1.14 bits per heavy atom. The summed E-state index contributed by atoms with van der Waals surface area (Å²) >= 11 is 4.38. The van der Waals surface area contributed by atoms with Crippen molar-refractivity contribution in [2.45, 2.75) is 38.1 Å². The second-order valence-electron chi connectivity index (χ2n) is 6.82. The van der Waals surface area contributed by atoms with Gasteiger partial charge in [-0.2, -0.15) is 0 Å². The van der Waals surface area contributed by atoms with Crippen molar-refractivity contribution in [1.82, 2.24) is 14.7 Å². The summed E-state index contributed by atoms with van der Waals surface area (Å²) in [7, 11) is 2.16. The Balaban J connectivity index is 1.64. The van der Waals surface area contributed by atoms with Crippen LogP contribution < -0.4 is 0 Å². The normalized spacial score (nSPS) is 28.2. The number of carbonyl (C=O) groups excluding carboxylic acids is 1. The highest BCUT2D eigenvalue weighted by molar-refractivity contribution is 14.1. The predicted molar refractivity (Wildman–Crippen MR) is 109 cm³/mol. The summed E-state index contributed by atoms with van der Waals surface area (Å²) in [6.07, 6.45) is 6.15. The Hall–Kier alpha value is 1.01. The lowest BCUT2D eigenvalue weighted by molar-refractivity contribution is -0.109. The first-order valence-electron chi connectivity index (χ1n) is 8.47. The molecule has 0 spiro atoms. The van der Waals surface area contributed by atoms with Crippen LogP contribution in [-0.2, 0) is 4.79 Å². The van der Waals surface area contributed by atoms with E-state index in [1.54, 1.807) is 0 Å². The van der Waals surface area contributed by atoms with Gasteiger partial charge in [-0.05, 0) is 61.2 Å². The van der Waals surface area contributed by atoms with Crippen molar-refractivity contribution in [2.24, 2.45) is 5.92 Å². The Morgan fingerprint density at radius 3 is 2.32 bits per heavy atom. The average Bonchev–Trinajstić information content (AvgIpc) is 2.54. The molecule has 1 heterocycles. The van der Waals surface area contributed by atoms with E-state index < -0.39 is 0 Å². The molecule has 0 bridgehead atoms. The van der Waals surface area contributed by atoms with E-state index in [4.69, 9.17) is 0 Å². The van der Waals surface area contributed by atoms with E-state index in [1.807, 2.05) is 22.6 Å². The number of halogens is 2. The first-order valence-corrected chi connectivity index (χ1v) is 11.1. The Labute approximate surface area is 162 Å². The van der Waals surface area contributed by atoms with Crippen molar-refractivity contribution in [2.75, 3.05) is 50.9 Å². The van der Waals surface area contributed by atoms with Gasteiger partial charge in [0.25, 0.3) is 0 Å². The molecule has 0 aromatic carbocycles. The third kappa shape index (κ3) is 6.49. The maximum absolute atomic E-state index is 11.1. The molecule has 1 aliphatic carbocycles. The van der Waals surface area contributed by atoms with Gasteiger partial charge in [0.1, 0.15) is 0 Å². The number of carbonyl (C=O) groups is 1. The largest absolute Gasteiger partial charge is 0.306 e. The Bertz CT molecular complexity index is 340. The third-order valence-electron chi connectivity index (χ3n) is 5.17. The standard InChI is InChI=1S/C16H29I2N3O/c1-19(7-6-16(18)22)12-14-2-4-15(5-3-14)21-10-8-20(13-17)9-11-21/h14-15H,2-13H2,1H3. The average molecular weight is 533 g/mol. The highest BCUT2D eigenvalue weighted by atomic mass is 127. The molecule has 0 radical (unpaired) electrons. The van der Waals surface area contributed by atoms with Crippen LogP contribution in [0.2, 0.25) is 0 Å². The third-order valence-corrected chi connectivity index (χ3v) is 6.67. The first kappa shape index (κ1) is 19.3. The van der Waals surface area contributed by atoms with Gasteiger partial charge in [-0.1, -0.05) is 22.6 Å². The molecule has 1 saturated heterocycles. The van der Waals surface area contributed by atoms with E-state index in [0.717, 1.165) is 18.5 Å². The minimum atomic E-state index is 0.277. The Kier molecular flexibility index (Phi) is 8.88. The van der Waals surface area contributed by atoms with Crippen molar-refractivity contribution in [3.63, 3.8) is 0 Å². The van der Waals surface area contributed by atoms with Crippen LogP contribution >= 0.6 is 45.2 Å². The van der Waals surface area contributed by atoms with Gasteiger partial charge in [-0.25, -0.2) is 0 Å². The minimum absolute atomic E-state index is 0.277. The van der Waals surface area contributed by atoms with Crippen molar-refractivity contribution >= 4 is 49.0 Å². The topological polar surface area (TPSA) is 26.8 Å². The molecular weight excluding hydrogens is 504 g/mol. The zero-order valence-corrected chi connectivity index (χ0v) is 18.0. The van der Waals surface area contributed by atoms with Gasteiger partial charge in [0.2, 0.25) is 0 Å². The van der Waals surface area contributed by atoms with Gasteiger partial charge in [0.05, 0.1) is 4.55 Å². The molecule has 0 unspecified atom stereocenters. The van der Waals surface area contributed by atoms with Gasteiger partial charge in [-0.3, -0.25) is 14.6 Å². The predicted octanol–water partition coefficient (Wildman–Crippen LogP) is 2.84. The lowest BCUT2D eigenvalue weighted by Gasteiger charge is -2.42. The van der Waals surface area contributed by atoms with E-state index in [9.17, 15) is 4.79 Å². The summed E-state index contributed by atoms with van der Waals surface area (Å²) in [5.41, 5.74) is 0. The molecule has 6 heteroatoms. The summed E-state index contributed by atoms with van der Waals surface area (Å²) in [5, 5.41) is 0. The van der Waals surface area contributed by atoms with Gasteiger partial charge in [0.15, 0.2) is 3.79 Å². The van der Waals surface area contributed by atoms with E-state index >= 15 is 0 Å². The van der Waals surface area contributed by atoms with Crippen molar-refractivity contribution < 1.29 is 4.79 Å². The molecule has 4 nitrogen and oxygen atoms in total. The van der Waals surface area contributed by atoms with Crippen LogP contribution in [0.25, 0.3) is 0 Å². The molecule has 0 atom stereocenters. The number of hydrogen-bond donors (Lipinski definition) is 0. The summed E-state index contributed by atoms with van der Waals surface area (Å²) in [5.74, 6) is 0.834. The summed E-state index contributed by atoms with van der Waals surface area (Å²) < 4.78 is 1.45. The van der Waals surface area contributed by atoms with Crippen LogP contribution in [0.5, 0.6) is 0 Å². The van der Waals surface area contributed by atoms with Crippen LogP contribution in [-0.4, -0.2) is 75.4 Å². The summed E-state index contributed by atoms with van der Waals surface area (Å²) in [6.45, 7) is 7.09. The lowest BCUT2D eigenvalue weighted by Crippen LogP contribution is -2.50. The molecule has 1 saturated carbocycles. The van der Waals surface area contributed by atoms with Crippen LogP contribution in [0.4, 0.5) is 0 Å². The van der Waals surface area contributed by atoms with E-state index in [1.165, 1.54) is 63.0 Å². The molecule has 0 aromatic heterocycles. The van der Waals surface area contributed by atoms with Crippen molar-refractivity contribution in [3.05, 3.63) is 0 Å². The van der Waals surface area contributed by atoms with Crippen molar-refractivity contribution in [3.8, 4) is 0 Å². The number of nitrogens with zero attached hydrogens (tertiary/aromatic N) is 3. The van der Waals surface area contributed by atoms with Gasteiger partial charge in [-0.15, -0.1) is 0 Å². The molecule has 2 rings (SSSR count). The fraction of sp³-hybridized carbons (Fsp3) is 0.938. The van der Waals surface area contributed by atoms with Crippen LogP contribution in [0.1, 0.15) is 32.1 Å². The molecule has 0 aromatic rings. The maximum Gasteiger partial charge on any atom is 0.193 e. The van der Waals surface area contributed by atoms with E-state index in [0.29, 0.717) is 6.42 Å². The summed E-state index contributed by atoms with van der Waals surface area (Å²) in [4.78, 5) is 18.7. The van der Waals surface area contributed by atoms with E-state index in [-0.39, 0.29) is 3.79 Å². The number of rotatable bonds is 7.